The first kappa shape index (κ1) is 13.9. The summed E-state index contributed by atoms with van der Waals surface area (Å²) in [5, 5.41) is 0. The van der Waals surface area contributed by atoms with Crippen LogP contribution in [0.1, 0.15) is 11.1 Å². The number of allylic oxidation sites excluding steroid dienone is 1. The second-order valence-electron chi connectivity index (χ2n) is 7.48. The third kappa shape index (κ3) is 1.54. The number of hydrogen-bond acceptors (Lipinski definition) is 4. The molecule has 1 fully saturated rings. The molecule has 5 unspecified atom stereocenters. The fraction of sp³-hybridized carbons (Fsp3) is 0.579. The van der Waals surface area contributed by atoms with Gasteiger partial charge in [0.05, 0.1) is 12.5 Å². The number of rotatable bonds is 2. The number of nitrogens with zero attached hydrogens (tertiary/aromatic N) is 1. The summed E-state index contributed by atoms with van der Waals surface area (Å²) in [7, 11) is 5.74. The van der Waals surface area contributed by atoms with Crippen LogP contribution >= 0.6 is 0 Å². The molecule has 4 nitrogen and oxygen atoms in total. The standard InChI is InChI=1S/C19H23NO3/c1-20-9-12-8-11-4-6-14(21-2)17-16(11)19(10-20)13(12)5-7-15(22-3)18(19)23-17/h4-7,12-13,15,18H,8-10H2,1-3H3. The Hall–Kier alpha value is -1.52. The number of methoxy groups -OCH3 is 2. The molecule has 122 valence electrons. The quantitative estimate of drug-likeness (QED) is 0.782. The molecule has 2 aliphatic heterocycles. The van der Waals surface area contributed by atoms with Crippen LogP contribution in [0.3, 0.4) is 0 Å². The number of likely N-dealkylation sites (N-methyl/N-ethyl adjacent to an activating group) is 1. The van der Waals surface area contributed by atoms with E-state index >= 15 is 0 Å². The van der Waals surface area contributed by atoms with Crippen molar-refractivity contribution in [1.82, 2.24) is 4.90 Å². The molecule has 5 atom stereocenters. The first-order chi connectivity index (χ1) is 11.2. The molecule has 1 aromatic carbocycles. The van der Waals surface area contributed by atoms with Gasteiger partial charge >= 0.3 is 0 Å². The molecule has 0 aromatic heterocycles. The molecule has 0 saturated carbocycles. The van der Waals surface area contributed by atoms with Crippen molar-refractivity contribution in [2.24, 2.45) is 11.8 Å². The zero-order valence-corrected chi connectivity index (χ0v) is 13.9. The Kier molecular flexibility index (Phi) is 2.73. The second-order valence-corrected chi connectivity index (χ2v) is 7.48. The van der Waals surface area contributed by atoms with E-state index in [0.717, 1.165) is 31.0 Å². The van der Waals surface area contributed by atoms with E-state index in [0.29, 0.717) is 11.8 Å². The van der Waals surface area contributed by atoms with E-state index in [1.807, 2.05) is 0 Å². The highest BCUT2D eigenvalue weighted by molar-refractivity contribution is 5.62. The molecule has 2 heterocycles. The Morgan fingerprint density at radius 2 is 2.13 bits per heavy atom. The number of hydrogen-bond donors (Lipinski definition) is 0. The molecule has 1 spiro atoms. The zero-order chi connectivity index (χ0) is 15.8. The molecule has 0 amide bonds. The molecule has 4 aliphatic rings. The average Bonchev–Trinajstić information content (AvgIpc) is 2.87. The SMILES string of the molecule is COc1ccc2c3c1OC1C(OC)C=CC4C(C2)CN(C)CC341. The Morgan fingerprint density at radius 1 is 1.26 bits per heavy atom. The average molecular weight is 313 g/mol. The Morgan fingerprint density at radius 3 is 2.91 bits per heavy atom. The molecule has 0 N–H and O–H groups in total. The summed E-state index contributed by atoms with van der Waals surface area (Å²) in [6, 6.07) is 4.32. The van der Waals surface area contributed by atoms with Gasteiger partial charge in [0.1, 0.15) is 12.2 Å². The Balaban J connectivity index is 1.80. The van der Waals surface area contributed by atoms with Gasteiger partial charge < -0.3 is 19.1 Å². The van der Waals surface area contributed by atoms with E-state index in [9.17, 15) is 0 Å². The van der Waals surface area contributed by atoms with Gasteiger partial charge in [0.25, 0.3) is 0 Å². The Bertz CT molecular complexity index is 700. The van der Waals surface area contributed by atoms with Crippen LogP contribution in [0.5, 0.6) is 11.5 Å². The van der Waals surface area contributed by atoms with Crippen molar-refractivity contribution in [2.45, 2.75) is 24.0 Å². The van der Waals surface area contributed by atoms with Gasteiger partial charge in [0.15, 0.2) is 11.5 Å². The minimum Gasteiger partial charge on any atom is -0.493 e. The molecular weight excluding hydrogens is 290 g/mol. The normalized spacial score (nSPS) is 39.8. The maximum Gasteiger partial charge on any atom is 0.166 e. The monoisotopic (exact) mass is 313 g/mol. The van der Waals surface area contributed by atoms with Crippen molar-refractivity contribution >= 4 is 0 Å². The lowest BCUT2D eigenvalue weighted by Gasteiger charge is -2.56. The summed E-state index contributed by atoms with van der Waals surface area (Å²) in [5.74, 6) is 3.00. The third-order valence-electron chi connectivity index (χ3n) is 6.39. The number of likely N-dealkylation sites (tertiary alicyclic amines) is 1. The summed E-state index contributed by atoms with van der Waals surface area (Å²) < 4.78 is 17.9. The first-order valence-corrected chi connectivity index (χ1v) is 8.45. The lowest BCUT2D eigenvalue weighted by molar-refractivity contribution is -0.0598. The summed E-state index contributed by atoms with van der Waals surface area (Å²) in [6.45, 7) is 2.18. The molecule has 1 saturated heterocycles. The summed E-state index contributed by atoms with van der Waals surface area (Å²) in [6.07, 6.45) is 5.79. The van der Waals surface area contributed by atoms with Crippen LogP contribution in [-0.2, 0) is 16.6 Å². The van der Waals surface area contributed by atoms with E-state index in [4.69, 9.17) is 14.2 Å². The van der Waals surface area contributed by atoms with Crippen molar-refractivity contribution in [3.05, 3.63) is 35.4 Å². The fourth-order valence-electron chi connectivity index (χ4n) is 5.71. The van der Waals surface area contributed by atoms with E-state index in [2.05, 4.69) is 36.2 Å². The predicted molar refractivity (Wildman–Crippen MR) is 87.2 cm³/mol. The zero-order valence-electron chi connectivity index (χ0n) is 13.9. The summed E-state index contributed by atoms with van der Waals surface area (Å²) in [4.78, 5) is 2.47. The number of ether oxygens (including phenoxy) is 3. The van der Waals surface area contributed by atoms with Gasteiger partial charge in [0, 0.05) is 25.8 Å². The van der Waals surface area contributed by atoms with Crippen LogP contribution < -0.4 is 9.47 Å². The van der Waals surface area contributed by atoms with Crippen LogP contribution in [-0.4, -0.2) is 51.5 Å². The van der Waals surface area contributed by atoms with Gasteiger partial charge in [-0.2, -0.15) is 0 Å². The molecule has 23 heavy (non-hydrogen) atoms. The van der Waals surface area contributed by atoms with Crippen molar-refractivity contribution in [3.8, 4) is 11.5 Å². The van der Waals surface area contributed by atoms with Crippen LogP contribution in [0.15, 0.2) is 24.3 Å². The second kappa shape index (κ2) is 4.52. The van der Waals surface area contributed by atoms with E-state index in [1.54, 1.807) is 14.2 Å². The summed E-state index contributed by atoms with van der Waals surface area (Å²) >= 11 is 0. The highest BCUT2D eigenvalue weighted by Gasteiger charge is 2.64. The summed E-state index contributed by atoms with van der Waals surface area (Å²) in [5.41, 5.74) is 2.84. The number of piperidine rings is 1. The third-order valence-corrected chi connectivity index (χ3v) is 6.39. The maximum atomic E-state index is 6.52. The van der Waals surface area contributed by atoms with Gasteiger partial charge in [-0.05, 0) is 36.9 Å². The van der Waals surface area contributed by atoms with Crippen molar-refractivity contribution in [3.63, 3.8) is 0 Å². The molecule has 2 bridgehead atoms. The fourth-order valence-corrected chi connectivity index (χ4v) is 5.71. The minimum absolute atomic E-state index is 0.00135. The first-order valence-electron chi connectivity index (χ1n) is 8.45. The molecule has 0 radical (unpaired) electrons. The van der Waals surface area contributed by atoms with Gasteiger partial charge in [0.2, 0.25) is 0 Å². The predicted octanol–water partition coefficient (Wildman–Crippen LogP) is 2.01. The highest BCUT2D eigenvalue weighted by atomic mass is 16.6. The lowest BCUT2D eigenvalue weighted by Crippen LogP contribution is -2.65. The molecular formula is C19H23NO3. The van der Waals surface area contributed by atoms with E-state index in [1.165, 1.54) is 11.1 Å². The van der Waals surface area contributed by atoms with Gasteiger partial charge in [-0.15, -0.1) is 0 Å². The smallest absolute Gasteiger partial charge is 0.166 e. The van der Waals surface area contributed by atoms with Crippen molar-refractivity contribution in [2.75, 3.05) is 34.4 Å². The van der Waals surface area contributed by atoms with Crippen molar-refractivity contribution < 1.29 is 14.2 Å². The minimum atomic E-state index is 0.00135. The van der Waals surface area contributed by atoms with Crippen LogP contribution in [0.2, 0.25) is 0 Å². The number of benzene rings is 1. The maximum absolute atomic E-state index is 6.52. The van der Waals surface area contributed by atoms with E-state index < -0.39 is 0 Å². The molecule has 2 aliphatic carbocycles. The van der Waals surface area contributed by atoms with E-state index in [-0.39, 0.29) is 17.6 Å². The molecule has 5 rings (SSSR count). The largest absolute Gasteiger partial charge is 0.493 e. The van der Waals surface area contributed by atoms with Gasteiger partial charge in [-0.1, -0.05) is 18.2 Å². The Labute approximate surface area is 137 Å². The topological polar surface area (TPSA) is 30.9 Å². The molecule has 1 aromatic rings. The van der Waals surface area contributed by atoms with Crippen molar-refractivity contribution in [1.29, 1.82) is 0 Å². The lowest BCUT2D eigenvalue weighted by atomic mass is 9.53. The van der Waals surface area contributed by atoms with Crippen LogP contribution in [0, 0.1) is 11.8 Å². The van der Waals surface area contributed by atoms with Gasteiger partial charge in [-0.25, -0.2) is 0 Å². The van der Waals surface area contributed by atoms with Gasteiger partial charge in [-0.3, -0.25) is 0 Å². The highest BCUT2D eigenvalue weighted by Crippen LogP contribution is 2.62. The van der Waals surface area contributed by atoms with Crippen LogP contribution in [0.4, 0.5) is 0 Å². The molecule has 4 heteroatoms. The van der Waals surface area contributed by atoms with Crippen LogP contribution in [0.25, 0.3) is 0 Å².